The van der Waals surface area contributed by atoms with Crippen LogP contribution in [0.1, 0.15) is 53.1 Å². The highest BCUT2D eigenvalue weighted by Crippen LogP contribution is 2.38. The second-order valence-electron chi connectivity index (χ2n) is 6.94. The highest BCUT2D eigenvalue weighted by molar-refractivity contribution is 7.99. The number of hydrogen-bond acceptors (Lipinski definition) is 5. The summed E-state index contributed by atoms with van der Waals surface area (Å²) in [5.41, 5.74) is 2.57. The van der Waals surface area contributed by atoms with Crippen LogP contribution in [-0.4, -0.2) is 24.2 Å². The first-order valence-electron chi connectivity index (χ1n) is 9.26. The normalized spacial score (nSPS) is 13.3. The van der Waals surface area contributed by atoms with Crippen LogP contribution in [0.25, 0.3) is 0 Å². The van der Waals surface area contributed by atoms with Crippen LogP contribution in [0.2, 0.25) is 0 Å². The summed E-state index contributed by atoms with van der Waals surface area (Å²) in [5, 5.41) is 4.11. The maximum Gasteiger partial charge on any atom is 0.341 e. The quantitative estimate of drug-likeness (QED) is 0.539. The van der Waals surface area contributed by atoms with E-state index in [1.807, 2.05) is 12.1 Å². The fourth-order valence-electron chi connectivity index (χ4n) is 3.29. The molecule has 1 N–H and O–H groups in total. The molecule has 1 aliphatic carbocycles. The Morgan fingerprint density at radius 1 is 1.19 bits per heavy atom. The number of amides is 1. The van der Waals surface area contributed by atoms with E-state index in [1.54, 1.807) is 11.8 Å². The fourth-order valence-corrected chi connectivity index (χ4v) is 5.42. The first-order chi connectivity index (χ1) is 13.0. The van der Waals surface area contributed by atoms with Gasteiger partial charge in [0.2, 0.25) is 5.91 Å². The van der Waals surface area contributed by atoms with Crippen molar-refractivity contribution < 1.29 is 14.3 Å². The van der Waals surface area contributed by atoms with Crippen molar-refractivity contribution in [1.29, 1.82) is 0 Å². The molecule has 0 bridgehead atoms. The molecular weight excluding hydrogens is 378 g/mol. The zero-order chi connectivity index (χ0) is 19.4. The summed E-state index contributed by atoms with van der Waals surface area (Å²) in [4.78, 5) is 27.2. The Labute approximate surface area is 168 Å². The molecule has 27 heavy (non-hydrogen) atoms. The summed E-state index contributed by atoms with van der Waals surface area (Å²) >= 11 is 3.32. The van der Waals surface area contributed by atoms with Crippen molar-refractivity contribution in [3.63, 3.8) is 0 Å². The van der Waals surface area contributed by atoms with E-state index in [-0.39, 0.29) is 18.3 Å². The van der Waals surface area contributed by atoms with E-state index in [2.05, 4.69) is 31.3 Å². The van der Waals surface area contributed by atoms with Crippen molar-refractivity contribution in [2.45, 2.75) is 56.1 Å². The Balaban J connectivity index is 1.72. The molecule has 0 spiro atoms. The molecule has 0 saturated heterocycles. The molecule has 1 aromatic heterocycles. The number of methoxy groups -OCH3 is 1. The monoisotopic (exact) mass is 403 g/mol. The lowest BCUT2D eigenvalue weighted by atomic mass is 9.95. The summed E-state index contributed by atoms with van der Waals surface area (Å²) in [5.74, 6) is -0.470. The molecule has 0 fully saturated rings. The minimum absolute atomic E-state index is 0.108. The lowest BCUT2D eigenvalue weighted by Crippen LogP contribution is -2.16. The maximum absolute atomic E-state index is 12.6. The number of anilines is 1. The summed E-state index contributed by atoms with van der Waals surface area (Å²) in [6.45, 7) is 4.32. The Kier molecular flexibility index (Phi) is 6.60. The molecule has 1 aromatic carbocycles. The number of carbonyl (C=O) groups is 2. The third kappa shape index (κ3) is 4.93. The van der Waals surface area contributed by atoms with Crippen LogP contribution in [-0.2, 0) is 28.8 Å². The van der Waals surface area contributed by atoms with E-state index in [4.69, 9.17) is 4.74 Å². The number of rotatable bonds is 6. The van der Waals surface area contributed by atoms with Gasteiger partial charge in [-0.1, -0.05) is 26.0 Å². The topological polar surface area (TPSA) is 55.4 Å². The van der Waals surface area contributed by atoms with E-state index < -0.39 is 0 Å². The van der Waals surface area contributed by atoms with Gasteiger partial charge in [-0.25, -0.2) is 4.79 Å². The summed E-state index contributed by atoms with van der Waals surface area (Å²) in [6, 6.07) is 8.09. The van der Waals surface area contributed by atoms with Gasteiger partial charge < -0.3 is 10.1 Å². The van der Waals surface area contributed by atoms with Crippen molar-refractivity contribution in [3.05, 3.63) is 45.8 Å². The largest absolute Gasteiger partial charge is 0.465 e. The summed E-state index contributed by atoms with van der Waals surface area (Å²) < 4.78 is 4.96. The van der Waals surface area contributed by atoms with Gasteiger partial charge in [0.1, 0.15) is 5.00 Å². The van der Waals surface area contributed by atoms with E-state index in [9.17, 15) is 9.59 Å². The zero-order valence-corrected chi connectivity index (χ0v) is 17.6. The molecule has 0 atom stereocenters. The van der Waals surface area contributed by atoms with Gasteiger partial charge in [0, 0.05) is 15.0 Å². The second kappa shape index (κ2) is 8.93. The smallest absolute Gasteiger partial charge is 0.341 e. The SMILES string of the molecule is COC(=O)c1c(NC(=O)Cc2ccc(SC(C)C)cc2)sc2c1CCCC2. The first kappa shape index (κ1) is 20.0. The van der Waals surface area contributed by atoms with Crippen LogP contribution >= 0.6 is 23.1 Å². The fraction of sp³-hybridized carbons (Fsp3) is 0.429. The van der Waals surface area contributed by atoms with E-state index in [0.29, 0.717) is 15.8 Å². The van der Waals surface area contributed by atoms with Crippen LogP contribution < -0.4 is 5.32 Å². The number of thioether (sulfide) groups is 1. The number of ether oxygens (including phenoxy) is 1. The van der Waals surface area contributed by atoms with Gasteiger partial charge >= 0.3 is 5.97 Å². The maximum atomic E-state index is 12.6. The van der Waals surface area contributed by atoms with Crippen molar-refractivity contribution in [2.24, 2.45) is 0 Å². The Bertz CT molecular complexity index is 825. The molecule has 0 saturated carbocycles. The standard InChI is InChI=1S/C21H25NO3S2/c1-13(2)26-15-10-8-14(9-11-15)12-18(23)22-20-19(21(24)25-3)16-6-4-5-7-17(16)27-20/h8-11,13H,4-7,12H2,1-3H3,(H,22,23). The van der Waals surface area contributed by atoms with Gasteiger partial charge in [-0.05, 0) is 48.9 Å². The number of hydrogen-bond donors (Lipinski definition) is 1. The van der Waals surface area contributed by atoms with Gasteiger partial charge in [-0.3, -0.25) is 4.79 Å². The van der Waals surface area contributed by atoms with Gasteiger partial charge in [-0.2, -0.15) is 0 Å². The molecule has 2 aromatic rings. The number of fused-ring (bicyclic) bond motifs is 1. The third-order valence-electron chi connectivity index (χ3n) is 4.47. The lowest BCUT2D eigenvalue weighted by Gasteiger charge is -2.11. The molecule has 3 rings (SSSR count). The van der Waals surface area contributed by atoms with Crippen LogP contribution in [0.3, 0.4) is 0 Å². The second-order valence-corrected chi connectivity index (χ2v) is 9.70. The number of aryl methyl sites for hydroxylation is 1. The number of benzene rings is 1. The average Bonchev–Trinajstić information content (AvgIpc) is 3.00. The summed E-state index contributed by atoms with van der Waals surface area (Å²) in [7, 11) is 1.39. The Morgan fingerprint density at radius 3 is 2.56 bits per heavy atom. The predicted molar refractivity (Wildman–Crippen MR) is 112 cm³/mol. The third-order valence-corrected chi connectivity index (χ3v) is 6.70. The molecule has 1 aliphatic rings. The minimum Gasteiger partial charge on any atom is -0.465 e. The van der Waals surface area contributed by atoms with E-state index >= 15 is 0 Å². The number of carbonyl (C=O) groups excluding carboxylic acids is 2. The number of esters is 1. The molecule has 6 heteroatoms. The van der Waals surface area contributed by atoms with Crippen LogP contribution in [0.4, 0.5) is 5.00 Å². The minimum atomic E-state index is -0.361. The van der Waals surface area contributed by atoms with Gasteiger partial charge in [0.05, 0.1) is 19.1 Å². The number of nitrogens with one attached hydrogen (secondary N) is 1. The highest BCUT2D eigenvalue weighted by atomic mass is 32.2. The van der Waals surface area contributed by atoms with Crippen molar-refractivity contribution in [2.75, 3.05) is 12.4 Å². The van der Waals surface area contributed by atoms with Crippen LogP contribution in [0, 0.1) is 0 Å². The lowest BCUT2D eigenvalue weighted by molar-refractivity contribution is -0.115. The molecule has 1 heterocycles. The molecule has 0 radical (unpaired) electrons. The van der Waals surface area contributed by atoms with Crippen LogP contribution in [0.15, 0.2) is 29.2 Å². The van der Waals surface area contributed by atoms with Crippen molar-refractivity contribution in [3.8, 4) is 0 Å². The van der Waals surface area contributed by atoms with Crippen molar-refractivity contribution >= 4 is 40.0 Å². The van der Waals surface area contributed by atoms with Crippen LogP contribution in [0.5, 0.6) is 0 Å². The number of thiophene rings is 1. The summed E-state index contributed by atoms with van der Waals surface area (Å²) in [6.07, 6.45) is 4.33. The molecular formula is C21H25NO3S2. The first-order valence-corrected chi connectivity index (χ1v) is 11.0. The molecule has 144 valence electrons. The zero-order valence-electron chi connectivity index (χ0n) is 16.0. The Morgan fingerprint density at radius 2 is 1.89 bits per heavy atom. The van der Waals surface area contributed by atoms with Gasteiger partial charge in [0.15, 0.2) is 0 Å². The predicted octanol–water partition coefficient (Wildman–Crippen LogP) is 5.10. The average molecular weight is 404 g/mol. The van der Waals surface area contributed by atoms with E-state index in [0.717, 1.165) is 36.8 Å². The molecule has 1 amide bonds. The van der Waals surface area contributed by atoms with Crippen molar-refractivity contribution in [1.82, 2.24) is 0 Å². The molecule has 4 nitrogen and oxygen atoms in total. The highest BCUT2D eigenvalue weighted by Gasteiger charge is 2.26. The Hall–Kier alpha value is -1.79. The van der Waals surface area contributed by atoms with Gasteiger partial charge in [0.25, 0.3) is 0 Å². The molecule has 0 aliphatic heterocycles. The van der Waals surface area contributed by atoms with E-state index in [1.165, 1.54) is 28.2 Å². The van der Waals surface area contributed by atoms with Gasteiger partial charge in [-0.15, -0.1) is 23.1 Å². The molecule has 0 unspecified atom stereocenters.